The Hall–Kier alpha value is -2.86. The van der Waals surface area contributed by atoms with Gasteiger partial charge in [0.15, 0.2) is 0 Å². The highest BCUT2D eigenvalue weighted by molar-refractivity contribution is 5.93. The predicted molar refractivity (Wildman–Crippen MR) is 115 cm³/mol. The van der Waals surface area contributed by atoms with Crippen LogP contribution in [-0.2, 0) is 17.8 Å². The molecule has 0 radical (unpaired) electrons. The first-order valence-corrected chi connectivity index (χ1v) is 10.4. The van der Waals surface area contributed by atoms with Crippen LogP contribution in [0.2, 0.25) is 0 Å². The van der Waals surface area contributed by atoms with Crippen molar-refractivity contribution >= 4 is 22.9 Å². The van der Waals surface area contributed by atoms with E-state index in [4.69, 9.17) is 9.72 Å². The van der Waals surface area contributed by atoms with Crippen LogP contribution in [0.25, 0.3) is 11.0 Å². The lowest BCUT2D eigenvalue weighted by Gasteiger charge is -2.24. The van der Waals surface area contributed by atoms with Crippen LogP contribution in [0.1, 0.15) is 19.4 Å². The van der Waals surface area contributed by atoms with Gasteiger partial charge in [-0.25, -0.2) is 4.98 Å². The number of fused-ring (bicyclic) bond motifs is 2. The Morgan fingerprint density at radius 1 is 1.17 bits per heavy atom. The van der Waals surface area contributed by atoms with E-state index in [2.05, 4.69) is 34.7 Å². The summed E-state index contributed by atoms with van der Waals surface area (Å²) in [6.45, 7) is 8.42. The number of carbonyl (C=O) groups excluding carboxylic acids is 1. The van der Waals surface area contributed by atoms with Crippen LogP contribution in [0.3, 0.4) is 0 Å². The van der Waals surface area contributed by atoms with Gasteiger partial charge in [-0.15, -0.1) is 0 Å². The highest BCUT2D eigenvalue weighted by atomic mass is 16.5. The zero-order valence-corrected chi connectivity index (χ0v) is 17.1. The molecule has 0 aliphatic carbocycles. The number of ether oxygens (including phenoxy) is 1. The maximum atomic E-state index is 13.0. The van der Waals surface area contributed by atoms with Gasteiger partial charge in [-0.05, 0) is 43.3 Å². The minimum atomic E-state index is -0.221. The van der Waals surface area contributed by atoms with Crippen LogP contribution in [0, 0.1) is 5.92 Å². The van der Waals surface area contributed by atoms with Gasteiger partial charge >= 0.3 is 0 Å². The summed E-state index contributed by atoms with van der Waals surface area (Å²) in [4.78, 5) is 20.1. The van der Waals surface area contributed by atoms with Gasteiger partial charge in [0.1, 0.15) is 12.4 Å². The van der Waals surface area contributed by atoms with Gasteiger partial charge < -0.3 is 14.2 Å². The van der Waals surface area contributed by atoms with Crippen LogP contribution in [-0.4, -0.2) is 46.6 Å². The van der Waals surface area contributed by atoms with E-state index in [9.17, 15) is 4.79 Å². The van der Waals surface area contributed by atoms with E-state index in [0.717, 1.165) is 48.5 Å². The van der Waals surface area contributed by atoms with Gasteiger partial charge in [-0.3, -0.25) is 10.1 Å². The lowest BCUT2D eigenvalue weighted by Crippen LogP contribution is -2.33. The smallest absolute Gasteiger partial charge is 0.233 e. The number of imidazole rings is 1. The standard InChI is InChI=1S/C23H28N4O2/c1-3-26(4-2)13-14-27-20-11-7-6-10-19(20)24-23(27)25-22(28)18-15-17-9-5-8-12-21(17)29-16-18/h5-12,18H,3-4,13-16H2,1-2H3,(H,24,25,28)/t18-/m1/s1. The summed E-state index contributed by atoms with van der Waals surface area (Å²) < 4.78 is 7.91. The Labute approximate surface area is 171 Å². The molecule has 2 heterocycles. The number of aromatic nitrogens is 2. The summed E-state index contributed by atoms with van der Waals surface area (Å²) in [5, 5.41) is 3.07. The number of para-hydroxylation sites is 3. The van der Waals surface area contributed by atoms with Crippen molar-refractivity contribution in [2.75, 3.05) is 31.6 Å². The monoisotopic (exact) mass is 392 g/mol. The molecule has 2 aromatic carbocycles. The molecule has 0 bridgehead atoms. The van der Waals surface area contributed by atoms with Gasteiger partial charge in [0.05, 0.1) is 17.0 Å². The fourth-order valence-corrected chi connectivity index (χ4v) is 3.89. The SMILES string of the molecule is CCN(CC)CCn1c(NC(=O)[C@H]2COc3ccccc3C2)nc2ccccc21. The molecule has 1 N–H and O–H groups in total. The number of rotatable bonds is 7. The molecular formula is C23H28N4O2. The molecule has 1 aromatic heterocycles. The van der Waals surface area contributed by atoms with Crippen molar-refractivity contribution in [1.29, 1.82) is 0 Å². The first-order chi connectivity index (χ1) is 14.2. The van der Waals surface area contributed by atoms with Gasteiger partial charge in [0, 0.05) is 13.1 Å². The molecule has 6 heteroatoms. The number of benzene rings is 2. The molecule has 0 saturated carbocycles. The Balaban J connectivity index is 1.54. The summed E-state index contributed by atoms with van der Waals surface area (Å²) in [6.07, 6.45) is 0.682. The van der Waals surface area contributed by atoms with Crippen molar-refractivity contribution in [3.8, 4) is 5.75 Å². The van der Waals surface area contributed by atoms with Crippen LogP contribution in [0.15, 0.2) is 48.5 Å². The van der Waals surface area contributed by atoms with E-state index in [1.54, 1.807) is 0 Å². The predicted octanol–water partition coefficient (Wildman–Crippen LogP) is 3.57. The first kappa shape index (κ1) is 19.5. The molecule has 0 spiro atoms. The maximum Gasteiger partial charge on any atom is 0.233 e. The molecule has 1 atom stereocenters. The summed E-state index contributed by atoms with van der Waals surface area (Å²) in [6, 6.07) is 15.9. The number of carbonyl (C=O) groups is 1. The summed E-state index contributed by atoms with van der Waals surface area (Å²) >= 11 is 0. The number of anilines is 1. The summed E-state index contributed by atoms with van der Waals surface area (Å²) in [7, 11) is 0. The van der Waals surface area contributed by atoms with E-state index >= 15 is 0 Å². The Morgan fingerprint density at radius 3 is 2.76 bits per heavy atom. The van der Waals surface area contributed by atoms with Crippen molar-refractivity contribution in [2.45, 2.75) is 26.8 Å². The fraction of sp³-hybridized carbons (Fsp3) is 0.391. The Kier molecular flexibility index (Phi) is 5.81. The second-order valence-electron chi connectivity index (χ2n) is 7.41. The van der Waals surface area contributed by atoms with Crippen LogP contribution >= 0.6 is 0 Å². The zero-order chi connectivity index (χ0) is 20.2. The van der Waals surface area contributed by atoms with Gasteiger partial charge in [-0.2, -0.15) is 0 Å². The average molecular weight is 393 g/mol. The molecule has 29 heavy (non-hydrogen) atoms. The zero-order valence-electron chi connectivity index (χ0n) is 17.1. The molecule has 1 amide bonds. The fourth-order valence-electron chi connectivity index (χ4n) is 3.89. The molecule has 4 rings (SSSR count). The number of hydrogen-bond donors (Lipinski definition) is 1. The molecule has 1 aliphatic rings. The Morgan fingerprint density at radius 2 is 1.93 bits per heavy atom. The van der Waals surface area contributed by atoms with E-state index < -0.39 is 0 Å². The molecule has 0 unspecified atom stereocenters. The van der Waals surface area contributed by atoms with Crippen LogP contribution in [0.5, 0.6) is 5.75 Å². The number of amides is 1. The minimum absolute atomic E-state index is 0.0427. The Bertz CT molecular complexity index is 993. The van der Waals surface area contributed by atoms with Crippen molar-refractivity contribution in [3.05, 3.63) is 54.1 Å². The second kappa shape index (κ2) is 8.66. The molecule has 0 saturated heterocycles. The number of hydrogen-bond acceptors (Lipinski definition) is 4. The maximum absolute atomic E-state index is 13.0. The van der Waals surface area contributed by atoms with Crippen molar-refractivity contribution in [1.82, 2.24) is 14.5 Å². The van der Waals surface area contributed by atoms with Gasteiger partial charge in [-0.1, -0.05) is 44.2 Å². The largest absolute Gasteiger partial charge is 0.492 e. The molecular weight excluding hydrogens is 364 g/mol. The topological polar surface area (TPSA) is 59.4 Å². The molecule has 0 fully saturated rings. The lowest BCUT2D eigenvalue weighted by molar-refractivity contribution is -0.121. The highest BCUT2D eigenvalue weighted by Crippen LogP contribution is 2.28. The van der Waals surface area contributed by atoms with Crippen LogP contribution < -0.4 is 10.1 Å². The van der Waals surface area contributed by atoms with Gasteiger partial charge in [0.25, 0.3) is 0 Å². The van der Waals surface area contributed by atoms with E-state index in [1.165, 1.54) is 0 Å². The average Bonchev–Trinajstić information content (AvgIpc) is 3.11. The molecule has 152 valence electrons. The van der Waals surface area contributed by atoms with Crippen molar-refractivity contribution in [3.63, 3.8) is 0 Å². The van der Waals surface area contributed by atoms with E-state index in [1.807, 2.05) is 42.5 Å². The third-order valence-electron chi connectivity index (χ3n) is 5.67. The third-order valence-corrected chi connectivity index (χ3v) is 5.67. The normalized spacial score (nSPS) is 15.9. The van der Waals surface area contributed by atoms with Gasteiger partial charge in [0.2, 0.25) is 11.9 Å². The second-order valence-corrected chi connectivity index (χ2v) is 7.41. The molecule has 3 aromatic rings. The van der Waals surface area contributed by atoms with E-state index in [-0.39, 0.29) is 11.8 Å². The lowest BCUT2D eigenvalue weighted by atomic mass is 9.96. The summed E-state index contributed by atoms with van der Waals surface area (Å²) in [5.41, 5.74) is 3.02. The molecule has 1 aliphatic heterocycles. The van der Waals surface area contributed by atoms with E-state index in [0.29, 0.717) is 19.0 Å². The van der Waals surface area contributed by atoms with Crippen molar-refractivity contribution in [2.24, 2.45) is 5.92 Å². The quantitative estimate of drug-likeness (QED) is 0.668. The summed E-state index contributed by atoms with van der Waals surface area (Å²) in [5.74, 6) is 1.23. The number of nitrogens with one attached hydrogen (secondary N) is 1. The first-order valence-electron chi connectivity index (χ1n) is 10.4. The number of likely N-dealkylation sites (N-methyl/N-ethyl adjacent to an activating group) is 1. The minimum Gasteiger partial charge on any atom is -0.492 e. The molecule has 6 nitrogen and oxygen atoms in total. The third kappa shape index (κ3) is 4.12. The van der Waals surface area contributed by atoms with Crippen LogP contribution in [0.4, 0.5) is 5.95 Å². The highest BCUT2D eigenvalue weighted by Gasteiger charge is 2.27. The number of nitrogens with zero attached hydrogens (tertiary/aromatic N) is 3. The van der Waals surface area contributed by atoms with Crippen molar-refractivity contribution < 1.29 is 9.53 Å².